The van der Waals surface area contributed by atoms with Crippen molar-refractivity contribution in [3.05, 3.63) is 32.7 Å². The number of thioether (sulfide) groups is 1. The average molecular weight is 350 g/mol. The van der Waals surface area contributed by atoms with Crippen molar-refractivity contribution in [3.8, 4) is 0 Å². The largest absolute Gasteiger partial charge is 0.302 e. The second-order valence-corrected chi connectivity index (χ2v) is 7.36. The third kappa shape index (κ3) is 3.18. The number of rotatable bonds is 3. The minimum atomic E-state index is -0.261. The van der Waals surface area contributed by atoms with Gasteiger partial charge in [-0.25, -0.2) is 9.97 Å². The number of hydrogen-bond donors (Lipinski definition) is 1. The molecule has 1 unspecified atom stereocenters. The van der Waals surface area contributed by atoms with Gasteiger partial charge in [-0.05, 0) is 20.3 Å². The Balaban J connectivity index is 1.82. The summed E-state index contributed by atoms with van der Waals surface area (Å²) in [6.45, 7) is 6.07. The molecule has 1 atom stereocenters. The van der Waals surface area contributed by atoms with E-state index in [0.717, 1.165) is 17.0 Å². The van der Waals surface area contributed by atoms with Crippen LogP contribution in [0.1, 0.15) is 23.9 Å². The fourth-order valence-electron chi connectivity index (χ4n) is 2.58. The summed E-state index contributed by atoms with van der Waals surface area (Å²) < 4.78 is 1.64. The summed E-state index contributed by atoms with van der Waals surface area (Å²) in [6.07, 6.45) is 0.651. The molecule has 0 aromatic carbocycles. The maximum Gasteiger partial charge on any atom is 0.257 e. The van der Waals surface area contributed by atoms with Crippen LogP contribution >= 0.6 is 23.1 Å². The molecule has 3 heterocycles. The first-order valence-electron chi connectivity index (χ1n) is 7.45. The van der Waals surface area contributed by atoms with Gasteiger partial charge in [0.05, 0.1) is 11.6 Å². The highest BCUT2D eigenvalue weighted by Crippen LogP contribution is 2.27. The van der Waals surface area contributed by atoms with E-state index in [1.165, 1.54) is 23.1 Å². The Hall–Kier alpha value is -1.67. The first-order valence-corrected chi connectivity index (χ1v) is 9.32. The third-order valence-corrected chi connectivity index (χ3v) is 5.84. The lowest BCUT2D eigenvalue weighted by atomic mass is 10.1. The summed E-state index contributed by atoms with van der Waals surface area (Å²) in [5.41, 5.74) is 2.38. The Morgan fingerprint density at radius 1 is 1.43 bits per heavy atom. The molecule has 1 amide bonds. The second-order valence-electron chi connectivity index (χ2n) is 5.52. The molecule has 2 aromatic heterocycles. The van der Waals surface area contributed by atoms with Gasteiger partial charge in [-0.2, -0.15) is 0 Å². The van der Waals surface area contributed by atoms with Crippen LogP contribution in [0.25, 0.3) is 0 Å². The summed E-state index contributed by atoms with van der Waals surface area (Å²) in [5, 5.41) is 6.05. The molecule has 0 spiro atoms. The zero-order chi connectivity index (χ0) is 16.6. The molecule has 2 aromatic rings. The number of carbonyl (C=O) groups is 1. The SMILES string of the molecule is CCc1c(C)nc2n(c1=O)CC(C(=O)Nc1nc(C)cs1)CS2. The van der Waals surface area contributed by atoms with Crippen LogP contribution in [-0.2, 0) is 17.8 Å². The summed E-state index contributed by atoms with van der Waals surface area (Å²) in [7, 11) is 0. The molecular weight excluding hydrogens is 332 g/mol. The van der Waals surface area contributed by atoms with E-state index in [0.29, 0.717) is 29.0 Å². The van der Waals surface area contributed by atoms with E-state index in [2.05, 4.69) is 15.3 Å². The number of aryl methyl sites for hydroxylation is 2. The van der Waals surface area contributed by atoms with E-state index < -0.39 is 0 Å². The molecule has 0 bridgehead atoms. The summed E-state index contributed by atoms with van der Waals surface area (Å²) >= 11 is 2.87. The Kier molecular flexibility index (Phi) is 4.54. The van der Waals surface area contributed by atoms with E-state index in [1.54, 1.807) is 4.57 Å². The van der Waals surface area contributed by atoms with Crippen LogP contribution in [0.3, 0.4) is 0 Å². The monoisotopic (exact) mass is 350 g/mol. The highest BCUT2D eigenvalue weighted by molar-refractivity contribution is 7.99. The Bertz CT molecular complexity index is 812. The highest BCUT2D eigenvalue weighted by atomic mass is 32.2. The minimum absolute atomic E-state index is 0.0231. The van der Waals surface area contributed by atoms with Crippen LogP contribution < -0.4 is 10.9 Å². The predicted octanol–water partition coefficient (Wildman–Crippen LogP) is 2.24. The van der Waals surface area contributed by atoms with Crippen LogP contribution in [0.4, 0.5) is 5.13 Å². The number of anilines is 1. The number of aromatic nitrogens is 3. The van der Waals surface area contributed by atoms with Gasteiger partial charge in [0.2, 0.25) is 5.91 Å². The van der Waals surface area contributed by atoms with Crippen molar-refractivity contribution < 1.29 is 4.79 Å². The van der Waals surface area contributed by atoms with Crippen molar-refractivity contribution in [3.63, 3.8) is 0 Å². The second kappa shape index (κ2) is 6.45. The van der Waals surface area contributed by atoms with Gasteiger partial charge in [0, 0.05) is 28.9 Å². The van der Waals surface area contributed by atoms with Crippen LogP contribution in [0.2, 0.25) is 0 Å². The molecule has 1 N–H and O–H groups in total. The van der Waals surface area contributed by atoms with Crippen molar-refractivity contribution >= 4 is 34.1 Å². The number of carbonyl (C=O) groups excluding carboxylic acids is 1. The molecule has 0 saturated carbocycles. The van der Waals surface area contributed by atoms with E-state index in [9.17, 15) is 9.59 Å². The molecule has 0 saturated heterocycles. The lowest BCUT2D eigenvalue weighted by Crippen LogP contribution is -2.38. The van der Waals surface area contributed by atoms with Crippen molar-refractivity contribution in [2.45, 2.75) is 38.9 Å². The number of hydrogen-bond acceptors (Lipinski definition) is 6. The minimum Gasteiger partial charge on any atom is -0.302 e. The third-order valence-electron chi connectivity index (χ3n) is 3.82. The standard InChI is InChI=1S/C15H18N4O2S2/c1-4-11-9(3)17-15-19(13(11)21)5-10(7-23-15)12(20)18-14-16-8(2)6-22-14/h6,10H,4-5,7H2,1-3H3,(H,16,18,20). The molecule has 8 heteroatoms. The lowest BCUT2D eigenvalue weighted by molar-refractivity contribution is -0.119. The first-order chi connectivity index (χ1) is 11.0. The van der Waals surface area contributed by atoms with Crippen LogP contribution in [0, 0.1) is 19.8 Å². The number of thiazole rings is 1. The molecule has 6 nitrogen and oxygen atoms in total. The molecule has 3 rings (SSSR count). The maximum absolute atomic E-state index is 12.6. The Labute approximate surface area is 142 Å². The molecule has 1 aliphatic rings. The molecule has 23 heavy (non-hydrogen) atoms. The van der Waals surface area contributed by atoms with Crippen LogP contribution in [-0.4, -0.2) is 26.2 Å². The molecule has 122 valence electrons. The van der Waals surface area contributed by atoms with Gasteiger partial charge >= 0.3 is 0 Å². The normalized spacial score (nSPS) is 16.9. The van der Waals surface area contributed by atoms with Gasteiger partial charge in [0.25, 0.3) is 5.56 Å². The van der Waals surface area contributed by atoms with E-state index >= 15 is 0 Å². The van der Waals surface area contributed by atoms with E-state index in [-0.39, 0.29) is 17.4 Å². The predicted molar refractivity (Wildman–Crippen MR) is 92.3 cm³/mol. The zero-order valence-electron chi connectivity index (χ0n) is 13.3. The van der Waals surface area contributed by atoms with Crippen molar-refractivity contribution in [1.82, 2.24) is 14.5 Å². The van der Waals surface area contributed by atoms with E-state index in [4.69, 9.17) is 0 Å². The molecule has 0 aliphatic carbocycles. The fourth-order valence-corrected chi connectivity index (χ4v) is 4.39. The number of fused-ring (bicyclic) bond motifs is 1. The lowest BCUT2D eigenvalue weighted by Gasteiger charge is -2.24. The fraction of sp³-hybridized carbons (Fsp3) is 0.467. The van der Waals surface area contributed by atoms with Gasteiger partial charge in [0.1, 0.15) is 0 Å². The van der Waals surface area contributed by atoms with Crippen molar-refractivity contribution in [2.24, 2.45) is 5.92 Å². The summed E-state index contributed by atoms with van der Waals surface area (Å²) in [5.74, 6) is 0.264. The topological polar surface area (TPSA) is 76.9 Å². The highest BCUT2D eigenvalue weighted by Gasteiger charge is 2.28. The van der Waals surface area contributed by atoms with Gasteiger partial charge in [-0.3, -0.25) is 14.2 Å². The quantitative estimate of drug-likeness (QED) is 0.859. The van der Waals surface area contributed by atoms with Gasteiger partial charge < -0.3 is 5.32 Å². The van der Waals surface area contributed by atoms with E-state index in [1.807, 2.05) is 26.2 Å². The number of nitrogens with zero attached hydrogens (tertiary/aromatic N) is 3. The molecule has 0 fully saturated rings. The number of nitrogens with one attached hydrogen (secondary N) is 1. The Morgan fingerprint density at radius 3 is 2.87 bits per heavy atom. The molecule has 1 aliphatic heterocycles. The smallest absolute Gasteiger partial charge is 0.257 e. The molecule has 0 radical (unpaired) electrons. The Morgan fingerprint density at radius 2 is 2.22 bits per heavy atom. The van der Waals surface area contributed by atoms with Crippen molar-refractivity contribution in [1.29, 1.82) is 0 Å². The maximum atomic E-state index is 12.6. The number of amides is 1. The van der Waals surface area contributed by atoms with Crippen LogP contribution in [0.15, 0.2) is 15.3 Å². The summed E-state index contributed by atoms with van der Waals surface area (Å²) in [6, 6.07) is 0. The first kappa shape index (κ1) is 16.2. The summed E-state index contributed by atoms with van der Waals surface area (Å²) in [4.78, 5) is 33.7. The van der Waals surface area contributed by atoms with Gasteiger partial charge in [-0.1, -0.05) is 18.7 Å². The zero-order valence-corrected chi connectivity index (χ0v) is 14.9. The van der Waals surface area contributed by atoms with Gasteiger partial charge in [0.15, 0.2) is 10.3 Å². The van der Waals surface area contributed by atoms with Gasteiger partial charge in [-0.15, -0.1) is 11.3 Å². The average Bonchev–Trinajstić information content (AvgIpc) is 2.92. The van der Waals surface area contributed by atoms with Crippen LogP contribution in [0.5, 0.6) is 0 Å². The van der Waals surface area contributed by atoms with Crippen molar-refractivity contribution in [2.75, 3.05) is 11.1 Å². The molecular formula is C15H18N4O2S2.